The third-order valence-electron chi connectivity index (χ3n) is 11.7. The Hall–Kier alpha value is -6.43. The summed E-state index contributed by atoms with van der Waals surface area (Å²) in [5, 5.41) is 26.3. The molecule has 4 atom stereocenters. The van der Waals surface area contributed by atoms with Crippen LogP contribution in [0.1, 0.15) is 111 Å². The number of pyridine rings is 3. The molecule has 0 saturated carbocycles. The second-order valence-electron chi connectivity index (χ2n) is 17.2. The van der Waals surface area contributed by atoms with E-state index < -0.39 is 82.3 Å². The van der Waals surface area contributed by atoms with E-state index in [1.54, 1.807) is 65.6 Å². The quantitative estimate of drug-likeness (QED) is 0.0731. The number of carboxylic acids is 2. The normalized spacial score (nSPS) is 17.2. The molecule has 67 heavy (non-hydrogen) atoms. The van der Waals surface area contributed by atoms with E-state index >= 15 is 0 Å². The van der Waals surface area contributed by atoms with Gasteiger partial charge < -0.3 is 34.6 Å². The number of aryl methyl sites for hydroxylation is 3. The minimum Gasteiger partial charge on any atom is -0.480 e. The summed E-state index contributed by atoms with van der Waals surface area (Å²) in [6, 6.07) is 7.04. The van der Waals surface area contributed by atoms with Crippen molar-refractivity contribution in [1.29, 1.82) is 0 Å². The Morgan fingerprint density at radius 3 is 1.21 bits per heavy atom. The first-order chi connectivity index (χ1) is 31.3. The van der Waals surface area contributed by atoms with Crippen LogP contribution in [-0.2, 0) is 67.1 Å². The van der Waals surface area contributed by atoms with E-state index in [9.17, 15) is 38.4 Å². The van der Waals surface area contributed by atoms with Gasteiger partial charge in [-0.15, -0.1) is 0 Å². The zero-order valence-corrected chi connectivity index (χ0v) is 38.6. The smallest absolute Gasteiger partial charge is 0.328 e. The molecule has 2 aliphatic rings. The average Bonchev–Trinajstić information content (AvgIpc) is 3.28. The number of carboxylic acid groups (broad SMARTS) is 2. The highest BCUT2D eigenvalue weighted by atomic mass is 16.5. The van der Waals surface area contributed by atoms with Crippen LogP contribution in [0.2, 0.25) is 0 Å². The topological polar surface area (TPSA) is 261 Å². The van der Waals surface area contributed by atoms with Crippen molar-refractivity contribution < 1.29 is 63.1 Å². The van der Waals surface area contributed by atoms with Gasteiger partial charge in [0.2, 0.25) is 11.6 Å². The molecule has 0 unspecified atom stereocenters. The van der Waals surface area contributed by atoms with Crippen molar-refractivity contribution in [1.82, 2.24) is 24.8 Å². The van der Waals surface area contributed by atoms with Gasteiger partial charge in [-0.25, -0.2) is 19.2 Å². The number of Topliss-reactive ketones (excluding diaryl/α,β-unsaturated/α-hetero) is 2. The highest BCUT2D eigenvalue weighted by molar-refractivity contribution is 6.39. The second kappa shape index (κ2) is 27.3. The number of aliphatic carboxylic acids is 2. The van der Waals surface area contributed by atoms with Crippen molar-refractivity contribution >= 4 is 47.3 Å². The summed E-state index contributed by atoms with van der Waals surface area (Å²) in [6.45, 7) is 10.6. The summed E-state index contributed by atoms with van der Waals surface area (Å²) in [6.07, 6.45) is 15.5. The number of nitrogens with zero attached hydrogens (tertiary/aromatic N) is 5. The maximum Gasteiger partial charge on any atom is 0.328 e. The lowest BCUT2D eigenvalue weighted by Crippen LogP contribution is -2.67. The second-order valence-corrected chi connectivity index (χ2v) is 17.2. The number of likely N-dealkylation sites (tertiary alicyclic amines) is 2. The Labute approximate surface area is 392 Å². The lowest BCUT2D eigenvalue weighted by Gasteiger charge is -2.45. The highest BCUT2D eigenvalue weighted by Crippen LogP contribution is 2.33. The molecule has 18 nitrogen and oxygen atoms in total. The van der Waals surface area contributed by atoms with Crippen molar-refractivity contribution in [3.05, 3.63) is 90.3 Å². The molecule has 0 bridgehead atoms. The fourth-order valence-corrected chi connectivity index (χ4v) is 6.61. The van der Waals surface area contributed by atoms with Gasteiger partial charge in [-0.2, -0.15) is 0 Å². The van der Waals surface area contributed by atoms with Crippen LogP contribution >= 0.6 is 0 Å². The van der Waals surface area contributed by atoms with Gasteiger partial charge in [0.1, 0.15) is 24.2 Å². The van der Waals surface area contributed by atoms with Gasteiger partial charge in [0.05, 0.1) is 13.2 Å². The molecule has 0 aliphatic carbocycles. The molecule has 5 rings (SSSR count). The highest BCUT2D eigenvalue weighted by Gasteiger charge is 2.54. The van der Waals surface area contributed by atoms with Crippen molar-refractivity contribution in [3.8, 4) is 0 Å². The zero-order valence-electron chi connectivity index (χ0n) is 38.6. The SMILES string of the molecule is C.CCC(C)(C)C(=O)C(=O)N1[C@@H](C(=O)O)C[C@@H]1C(=O)O.CCC(C)(C)C(=O)C(=O)N1[C@@H](C(=O)OCCCc2cccnc2)C[C@@H]1C(=O)OCCCc1cccnc1.OCCCc1cccnc1. The van der Waals surface area contributed by atoms with Crippen LogP contribution < -0.4 is 0 Å². The molecule has 2 amide bonds. The average molecular weight is 934 g/mol. The van der Waals surface area contributed by atoms with Crippen LogP contribution in [-0.4, -0.2) is 131 Å². The van der Waals surface area contributed by atoms with Crippen LogP contribution in [0.25, 0.3) is 0 Å². The Bertz CT molecular complexity index is 2020. The summed E-state index contributed by atoms with van der Waals surface area (Å²) in [5.74, 6) is -7.12. The number of amides is 2. The maximum atomic E-state index is 13.1. The number of aromatic nitrogens is 3. The molecule has 3 aromatic heterocycles. The number of aliphatic hydroxyl groups is 1. The van der Waals surface area contributed by atoms with Crippen LogP contribution in [0.15, 0.2) is 73.6 Å². The van der Waals surface area contributed by atoms with Gasteiger partial charge in [0.15, 0.2) is 0 Å². The molecule has 0 spiro atoms. The van der Waals surface area contributed by atoms with E-state index in [0.717, 1.165) is 28.9 Å². The van der Waals surface area contributed by atoms with Gasteiger partial charge in [-0.3, -0.25) is 34.1 Å². The maximum absolute atomic E-state index is 13.1. The Balaban J connectivity index is 0.000000424. The van der Waals surface area contributed by atoms with E-state index in [1.165, 1.54) is 5.56 Å². The lowest BCUT2D eigenvalue weighted by atomic mass is 9.82. The summed E-state index contributed by atoms with van der Waals surface area (Å²) in [4.78, 5) is 111. The Kier molecular flexibility index (Phi) is 23.1. The van der Waals surface area contributed by atoms with Gasteiger partial charge in [-0.1, -0.05) is 67.2 Å². The van der Waals surface area contributed by atoms with Crippen LogP contribution in [0.3, 0.4) is 0 Å². The van der Waals surface area contributed by atoms with Crippen molar-refractivity contribution in [2.45, 2.75) is 137 Å². The van der Waals surface area contributed by atoms with Gasteiger partial charge in [-0.05, 0) is 86.3 Å². The molecule has 3 N–H and O–H groups in total. The van der Waals surface area contributed by atoms with E-state index in [1.807, 2.05) is 49.5 Å². The van der Waals surface area contributed by atoms with Crippen LogP contribution in [0, 0.1) is 10.8 Å². The molecule has 2 saturated heterocycles. The first kappa shape index (κ1) is 56.7. The molecule has 0 radical (unpaired) electrons. The minimum atomic E-state index is -1.30. The zero-order chi connectivity index (χ0) is 49.0. The summed E-state index contributed by atoms with van der Waals surface area (Å²) >= 11 is 0. The number of ether oxygens (including phenoxy) is 2. The fraction of sp³-hybridized carbons (Fsp3) is 0.531. The minimum absolute atomic E-state index is 0. The van der Waals surface area contributed by atoms with E-state index in [4.69, 9.17) is 24.8 Å². The van der Waals surface area contributed by atoms with E-state index in [-0.39, 0.29) is 40.1 Å². The predicted molar refractivity (Wildman–Crippen MR) is 245 cm³/mol. The van der Waals surface area contributed by atoms with Crippen LogP contribution in [0.5, 0.6) is 0 Å². The van der Waals surface area contributed by atoms with Gasteiger partial charge in [0, 0.05) is 67.5 Å². The number of hydrogen-bond acceptors (Lipinski definition) is 14. The first-order valence-corrected chi connectivity index (χ1v) is 22.1. The molecule has 3 aromatic rings. The molecule has 5 heterocycles. The van der Waals surface area contributed by atoms with Crippen molar-refractivity contribution in [2.24, 2.45) is 10.8 Å². The third kappa shape index (κ3) is 16.4. The summed E-state index contributed by atoms with van der Waals surface area (Å²) in [7, 11) is 0. The number of ketones is 2. The van der Waals surface area contributed by atoms with Crippen molar-refractivity contribution in [3.63, 3.8) is 0 Å². The Morgan fingerprint density at radius 2 is 0.910 bits per heavy atom. The number of rotatable bonds is 21. The molecule has 18 heteroatoms. The van der Waals surface area contributed by atoms with E-state index in [2.05, 4.69) is 15.0 Å². The number of carbonyl (C=O) groups excluding carboxylic acids is 6. The standard InChI is InChI=1S/C28H35N3O6.C12H17NO6.C8H11NO.CH4/c1-4-28(2,3)24(32)25(33)31-22(26(34)36-15-7-11-20-9-5-13-29-18-20)17-23(31)27(35)37-16-8-12-21-10-6-14-30-19-21;1-4-12(2,3)8(14)9(15)13-6(10(16)17)5-7(13)11(18)19;10-6-2-4-8-3-1-5-9-7-8;/h5-6,9-10,13-14,18-19,22-23H,4,7-8,11-12,15-17H2,1-3H3;6-7H,4-5H2,1-3H3,(H,16,17)(H,18,19);1,3,5,7,10H,2,4,6H2;1H4/t22-,23-;6-,7-;;/m11../s1. The fourth-order valence-electron chi connectivity index (χ4n) is 6.61. The molecule has 0 aromatic carbocycles. The monoisotopic (exact) mass is 933 g/mol. The molecular weight excluding hydrogens is 867 g/mol. The van der Waals surface area contributed by atoms with Crippen LogP contribution in [0.4, 0.5) is 0 Å². The molecule has 2 fully saturated rings. The largest absolute Gasteiger partial charge is 0.480 e. The summed E-state index contributed by atoms with van der Waals surface area (Å²) in [5.41, 5.74) is 1.40. The van der Waals surface area contributed by atoms with Gasteiger partial charge >= 0.3 is 23.9 Å². The summed E-state index contributed by atoms with van der Waals surface area (Å²) < 4.78 is 10.8. The Morgan fingerprint density at radius 1 is 0.582 bits per heavy atom. The number of aliphatic hydroxyl groups excluding tert-OH is 1. The lowest BCUT2D eigenvalue weighted by molar-refractivity contribution is -0.179. The number of esters is 2. The van der Waals surface area contributed by atoms with Gasteiger partial charge in [0.25, 0.3) is 11.8 Å². The third-order valence-corrected chi connectivity index (χ3v) is 11.7. The van der Waals surface area contributed by atoms with Crippen molar-refractivity contribution in [2.75, 3.05) is 19.8 Å². The molecule has 2 aliphatic heterocycles. The number of carbonyl (C=O) groups is 8. The predicted octanol–water partition coefficient (Wildman–Crippen LogP) is 4.88. The van der Waals surface area contributed by atoms with E-state index in [0.29, 0.717) is 43.4 Å². The molecule has 366 valence electrons. The number of hydrogen-bond donors (Lipinski definition) is 3. The molecular formula is C49H67N5O13. The first-order valence-electron chi connectivity index (χ1n) is 22.1.